The summed E-state index contributed by atoms with van der Waals surface area (Å²) in [6.07, 6.45) is 0.543. The average Bonchev–Trinajstić information content (AvgIpc) is 2.42. The lowest BCUT2D eigenvalue weighted by Crippen LogP contribution is -2.59. The Morgan fingerprint density at radius 1 is 1.48 bits per heavy atom. The smallest absolute Gasteiger partial charge is 0.410 e. The van der Waals surface area contributed by atoms with Crippen LogP contribution in [0.5, 0.6) is 0 Å². The maximum atomic E-state index is 12.3. The highest BCUT2D eigenvalue weighted by atomic mass is 16.6. The zero-order valence-corrected chi connectivity index (χ0v) is 13.9. The van der Waals surface area contributed by atoms with Crippen molar-refractivity contribution >= 4 is 6.09 Å². The highest BCUT2D eigenvalue weighted by Crippen LogP contribution is 2.20. The number of nitrogens with zero attached hydrogens (tertiary/aromatic N) is 1. The molecule has 0 aromatic rings. The van der Waals surface area contributed by atoms with Crippen molar-refractivity contribution in [2.24, 2.45) is 11.7 Å². The van der Waals surface area contributed by atoms with E-state index in [4.69, 9.17) is 19.9 Å². The van der Waals surface area contributed by atoms with E-state index in [1.807, 2.05) is 20.8 Å². The number of morpholine rings is 1. The van der Waals surface area contributed by atoms with Crippen LogP contribution >= 0.6 is 0 Å². The molecule has 1 amide bonds. The predicted octanol–water partition coefficient (Wildman–Crippen LogP) is 1.62. The van der Waals surface area contributed by atoms with Crippen molar-refractivity contribution < 1.29 is 19.0 Å². The minimum atomic E-state index is -0.508. The molecule has 3 unspecified atom stereocenters. The summed E-state index contributed by atoms with van der Waals surface area (Å²) in [5, 5.41) is 0. The van der Waals surface area contributed by atoms with E-state index in [2.05, 4.69) is 6.92 Å². The molecule has 1 aliphatic heterocycles. The van der Waals surface area contributed by atoms with E-state index in [9.17, 15) is 4.79 Å². The highest BCUT2D eigenvalue weighted by molar-refractivity contribution is 5.68. The molecule has 1 aliphatic rings. The lowest BCUT2D eigenvalue weighted by atomic mass is 9.92. The fourth-order valence-electron chi connectivity index (χ4n) is 2.36. The summed E-state index contributed by atoms with van der Waals surface area (Å²) in [6, 6.07) is -0.312. The maximum Gasteiger partial charge on any atom is 0.410 e. The van der Waals surface area contributed by atoms with E-state index >= 15 is 0 Å². The van der Waals surface area contributed by atoms with Gasteiger partial charge in [-0.25, -0.2) is 4.79 Å². The summed E-state index contributed by atoms with van der Waals surface area (Å²) < 4.78 is 16.1. The van der Waals surface area contributed by atoms with Gasteiger partial charge in [-0.05, 0) is 33.1 Å². The van der Waals surface area contributed by atoms with Crippen LogP contribution < -0.4 is 5.73 Å². The molecule has 0 saturated carbocycles. The quantitative estimate of drug-likeness (QED) is 0.835. The molecule has 124 valence electrons. The van der Waals surface area contributed by atoms with Gasteiger partial charge in [-0.2, -0.15) is 0 Å². The van der Waals surface area contributed by atoms with Crippen molar-refractivity contribution in [2.45, 2.75) is 51.8 Å². The summed E-state index contributed by atoms with van der Waals surface area (Å²) in [5.41, 5.74) is 5.83. The largest absolute Gasteiger partial charge is 0.444 e. The van der Waals surface area contributed by atoms with Crippen LogP contribution in [-0.2, 0) is 14.2 Å². The fourth-order valence-corrected chi connectivity index (χ4v) is 2.36. The molecule has 0 aromatic carbocycles. The van der Waals surface area contributed by atoms with Crippen molar-refractivity contribution in [2.75, 3.05) is 33.5 Å². The Morgan fingerprint density at radius 3 is 2.71 bits per heavy atom. The molecule has 0 aliphatic carbocycles. The summed E-state index contributed by atoms with van der Waals surface area (Å²) in [4.78, 5) is 14.0. The standard InChI is InChI=1S/C15H30N2O4/c1-11(6-8-19-5)13(16)12-10-20-9-7-17(12)14(18)21-15(2,3)4/h11-13H,6-10,16H2,1-5H3. The Morgan fingerprint density at radius 2 is 2.14 bits per heavy atom. The number of rotatable bonds is 5. The van der Waals surface area contributed by atoms with Crippen LogP contribution in [0, 0.1) is 5.92 Å². The Bertz CT molecular complexity index is 330. The minimum absolute atomic E-state index is 0.152. The SMILES string of the molecule is COCCC(C)C(N)C1COCCN1C(=O)OC(C)(C)C. The van der Waals surface area contributed by atoms with Gasteiger partial charge in [-0.1, -0.05) is 6.92 Å². The van der Waals surface area contributed by atoms with E-state index in [0.717, 1.165) is 6.42 Å². The molecule has 3 atom stereocenters. The molecule has 0 bridgehead atoms. The zero-order chi connectivity index (χ0) is 16.0. The van der Waals surface area contributed by atoms with Crippen molar-refractivity contribution in [1.29, 1.82) is 0 Å². The van der Waals surface area contributed by atoms with Crippen LogP contribution in [0.1, 0.15) is 34.1 Å². The molecule has 21 heavy (non-hydrogen) atoms. The monoisotopic (exact) mass is 302 g/mol. The third-order valence-corrected chi connectivity index (χ3v) is 3.67. The first-order valence-electron chi connectivity index (χ1n) is 7.58. The second-order valence-corrected chi connectivity index (χ2v) is 6.65. The van der Waals surface area contributed by atoms with Gasteiger partial charge in [0, 0.05) is 26.3 Å². The van der Waals surface area contributed by atoms with Gasteiger partial charge in [-0.3, -0.25) is 4.90 Å². The van der Waals surface area contributed by atoms with Gasteiger partial charge < -0.3 is 19.9 Å². The molecule has 1 heterocycles. The Hall–Kier alpha value is -0.850. The van der Waals surface area contributed by atoms with Crippen LogP contribution in [0.4, 0.5) is 4.79 Å². The lowest BCUT2D eigenvalue weighted by Gasteiger charge is -2.41. The first-order valence-corrected chi connectivity index (χ1v) is 7.58. The van der Waals surface area contributed by atoms with Crippen LogP contribution in [0.15, 0.2) is 0 Å². The van der Waals surface area contributed by atoms with Gasteiger partial charge in [0.1, 0.15) is 5.60 Å². The number of carbonyl (C=O) groups is 1. The number of nitrogens with two attached hydrogens (primary N) is 1. The van der Waals surface area contributed by atoms with Crippen molar-refractivity contribution in [1.82, 2.24) is 4.90 Å². The Labute approximate surface area is 127 Å². The molecule has 2 N–H and O–H groups in total. The van der Waals surface area contributed by atoms with Gasteiger partial charge in [0.05, 0.1) is 19.3 Å². The maximum absolute atomic E-state index is 12.3. The van der Waals surface area contributed by atoms with Crippen LogP contribution in [0.25, 0.3) is 0 Å². The van der Waals surface area contributed by atoms with Gasteiger partial charge in [0.25, 0.3) is 0 Å². The summed E-state index contributed by atoms with van der Waals surface area (Å²) in [5.74, 6) is 0.238. The second kappa shape index (κ2) is 7.96. The second-order valence-electron chi connectivity index (χ2n) is 6.65. The molecule has 1 fully saturated rings. The Balaban J connectivity index is 2.70. The normalized spacial score (nSPS) is 22.8. The Kier molecular flexibility index (Phi) is 6.90. The number of hydrogen-bond donors (Lipinski definition) is 1. The molecular formula is C15H30N2O4. The number of amides is 1. The van der Waals surface area contributed by atoms with E-state index in [1.54, 1.807) is 12.0 Å². The third-order valence-electron chi connectivity index (χ3n) is 3.67. The van der Waals surface area contributed by atoms with Crippen molar-refractivity contribution in [3.63, 3.8) is 0 Å². The molecule has 0 aromatic heterocycles. The predicted molar refractivity (Wildman–Crippen MR) is 81.2 cm³/mol. The lowest BCUT2D eigenvalue weighted by molar-refractivity contribution is -0.0426. The zero-order valence-electron chi connectivity index (χ0n) is 13.9. The van der Waals surface area contributed by atoms with Crippen LogP contribution in [0.2, 0.25) is 0 Å². The number of hydrogen-bond acceptors (Lipinski definition) is 5. The highest BCUT2D eigenvalue weighted by Gasteiger charge is 2.36. The van der Waals surface area contributed by atoms with Crippen molar-refractivity contribution in [3.8, 4) is 0 Å². The summed E-state index contributed by atoms with van der Waals surface area (Å²) in [6.45, 7) is 9.82. The van der Waals surface area contributed by atoms with E-state index in [1.165, 1.54) is 0 Å². The minimum Gasteiger partial charge on any atom is -0.444 e. The molecule has 1 rings (SSSR count). The van der Waals surface area contributed by atoms with Crippen molar-refractivity contribution in [3.05, 3.63) is 0 Å². The van der Waals surface area contributed by atoms with Gasteiger partial charge in [0.2, 0.25) is 0 Å². The van der Waals surface area contributed by atoms with Crippen LogP contribution in [0.3, 0.4) is 0 Å². The molecule has 1 saturated heterocycles. The van der Waals surface area contributed by atoms with E-state index in [-0.39, 0.29) is 24.1 Å². The first kappa shape index (κ1) is 18.2. The average molecular weight is 302 g/mol. The number of carbonyl (C=O) groups excluding carboxylic acids is 1. The number of ether oxygens (including phenoxy) is 3. The molecular weight excluding hydrogens is 272 g/mol. The van der Waals surface area contributed by atoms with Gasteiger partial charge in [-0.15, -0.1) is 0 Å². The summed E-state index contributed by atoms with van der Waals surface area (Å²) >= 11 is 0. The fraction of sp³-hybridized carbons (Fsp3) is 0.933. The van der Waals surface area contributed by atoms with E-state index < -0.39 is 5.60 Å². The number of methoxy groups -OCH3 is 1. The molecule has 6 heteroatoms. The molecule has 6 nitrogen and oxygen atoms in total. The van der Waals surface area contributed by atoms with Gasteiger partial charge in [0.15, 0.2) is 0 Å². The van der Waals surface area contributed by atoms with Crippen LogP contribution in [-0.4, -0.2) is 62.2 Å². The third kappa shape index (κ3) is 5.80. The van der Waals surface area contributed by atoms with E-state index in [0.29, 0.717) is 26.4 Å². The molecule has 0 spiro atoms. The topological polar surface area (TPSA) is 74.0 Å². The molecule has 0 radical (unpaired) electrons. The first-order chi connectivity index (χ1) is 9.76. The summed E-state index contributed by atoms with van der Waals surface area (Å²) in [7, 11) is 1.68. The van der Waals surface area contributed by atoms with Gasteiger partial charge >= 0.3 is 6.09 Å².